The van der Waals surface area contributed by atoms with Crippen molar-refractivity contribution in [2.24, 2.45) is 0 Å². The summed E-state index contributed by atoms with van der Waals surface area (Å²) >= 11 is 0. The van der Waals surface area contributed by atoms with E-state index in [1.54, 1.807) is 6.08 Å². The topological polar surface area (TPSA) is 29.1 Å². The molecule has 3 rings (SSSR count). The van der Waals surface area contributed by atoms with Crippen molar-refractivity contribution in [1.82, 2.24) is 0 Å². The number of benzene rings is 3. The van der Waals surface area contributed by atoms with Crippen LogP contribution in [0.1, 0.15) is 22.3 Å². The molecule has 0 aliphatic rings. The molecule has 0 aliphatic carbocycles. The zero-order valence-electron chi connectivity index (χ0n) is 14.3. The Morgan fingerprint density at radius 1 is 0.920 bits per heavy atom. The highest BCUT2D eigenvalue weighted by Crippen LogP contribution is 2.42. The Balaban J connectivity index is 2.26. The van der Waals surface area contributed by atoms with Gasteiger partial charge in [0.2, 0.25) is 0 Å². The van der Waals surface area contributed by atoms with Gasteiger partial charge in [0.25, 0.3) is 0 Å². The molecule has 0 saturated carbocycles. The highest BCUT2D eigenvalue weighted by molar-refractivity contribution is 5.53. The van der Waals surface area contributed by atoms with E-state index in [4.69, 9.17) is 4.74 Å². The molecule has 0 unspecified atom stereocenters. The number of aryl methyl sites for hydroxylation is 1. The van der Waals surface area contributed by atoms with Crippen molar-refractivity contribution in [3.05, 3.63) is 114 Å². The van der Waals surface area contributed by atoms with E-state index in [2.05, 4.69) is 6.58 Å². The van der Waals surface area contributed by atoms with Crippen LogP contribution in [0.2, 0.25) is 0 Å². The smallest absolute Gasteiger partial charge is 0.182 e. The normalized spacial score (nSPS) is 11.1. The number of rotatable bonds is 6. The Kier molecular flexibility index (Phi) is 5.01. The first-order valence-corrected chi connectivity index (χ1v) is 8.32. The summed E-state index contributed by atoms with van der Waals surface area (Å²) in [5.74, 6) is 0.591. The fourth-order valence-corrected chi connectivity index (χ4v) is 3.02. The standard InChI is InChI=1S/C23H21O2/c1-3-16-25-22-15-14-18(2)17-21(22)23(24,19-10-6-4-7-11-19)20-12-8-5-9-13-20/h3-15,17H,1,16H2,2H3. The SMILES string of the molecule is C=CCOc1ccc(C)cc1C([O])(c1ccccc1)c1ccccc1. The highest BCUT2D eigenvalue weighted by atomic mass is 16.5. The fourth-order valence-electron chi connectivity index (χ4n) is 3.02. The summed E-state index contributed by atoms with van der Waals surface area (Å²) in [6.45, 7) is 6.04. The van der Waals surface area contributed by atoms with Crippen LogP contribution in [-0.2, 0) is 10.7 Å². The minimum atomic E-state index is -1.55. The van der Waals surface area contributed by atoms with Crippen LogP contribution in [-0.4, -0.2) is 6.61 Å². The molecule has 0 saturated heterocycles. The van der Waals surface area contributed by atoms with Crippen LogP contribution in [0, 0.1) is 6.92 Å². The van der Waals surface area contributed by atoms with Gasteiger partial charge in [0, 0.05) is 5.56 Å². The molecule has 2 nitrogen and oxygen atoms in total. The summed E-state index contributed by atoms with van der Waals surface area (Å²) in [7, 11) is 0. The first-order valence-electron chi connectivity index (χ1n) is 8.32. The average molecular weight is 329 g/mol. The Morgan fingerprint density at radius 3 is 2.00 bits per heavy atom. The number of ether oxygens (including phenoxy) is 1. The Hall–Kier alpha value is -2.84. The van der Waals surface area contributed by atoms with Crippen LogP contribution in [0.15, 0.2) is 91.5 Å². The van der Waals surface area contributed by atoms with Gasteiger partial charge in [-0.1, -0.05) is 84.9 Å². The summed E-state index contributed by atoms with van der Waals surface area (Å²) < 4.78 is 5.81. The van der Waals surface area contributed by atoms with Gasteiger partial charge in [-0.2, -0.15) is 0 Å². The third-order valence-corrected chi connectivity index (χ3v) is 4.23. The lowest BCUT2D eigenvalue weighted by molar-refractivity contribution is 0.0386. The van der Waals surface area contributed by atoms with Crippen LogP contribution in [0.5, 0.6) is 5.75 Å². The molecule has 0 aliphatic heterocycles. The monoisotopic (exact) mass is 329 g/mol. The van der Waals surface area contributed by atoms with Crippen molar-refractivity contribution in [1.29, 1.82) is 0 Å². The largest absolute Gasteiger partial charge is 0.489 e. The summed E-state index contributed by atoms with van der Waals surface area (Å²) in [5.41, 5.74) is 1.47. The van der Waals surface area contributed by atoms with Crippen LogP contribution >= 0.6 is 0 Å². The predicted molar refractivity (Wildman–Crippen MR) is 100 cm³/mol. The van der Waals surface area contributed by atoms with E-state index in [-0.39, 0.29) is 0 Å². The molecule has 2 heteroatoms. The molecule has 0 aromatic heterocycles. The van der Waals surface area contributed by atoms with Gasteiger partial charge < -0.3 is 4.74 Å². The molecular formula is C23H21O2. The van der Waals surface area contributed by atoms with E-state index >= 15 is 0 Å². The van der Waals surface area contributed by atoms with Gasteiger partial charge in [0.05, 0.1) is 0 Å². The minimum absolute atomic E-state index is 0.357. The average Bonchev–Trinajstić information content (AvgIpc) is 2.67. The van der Waals surface area contributed by atoms with Crippen molar-refractivity contribution in [2.75, 3.05) is 6.61 Å². The maximum atomic E-state index is 14.3. The molecule has 0 amide bonds. The Morgan fingerprint density at radius 2 is 1.48 bits per heavy atom. The first kappa shape index (κ1) is 17.0. The lowest BCUT2D eigenvalue weighted by atomic mass is 9.79. The van der Waals surface area contributed by atoms with Crippen LogP contribution < -0.4 is 4.74 Å². The van der Waals surface area contributed by atoms with Crippen LogP contribution in [0.25, 0.3) is 0 Å². The third-order valence-electron chi connectivity index (χ3n) is 4.23. The van der Waals surface area contributed by atoms with Crippen molar-refractivity contribution in [3.63, 3.8) is 0 Å². The summed E-state index contributed by atoms with van der Waals surface area (Å²) in [4.78, 5) is 0. The zero-order valence-corrected chi connectivity index (χ0v) is 14.3. The summed E-state index contributed by atoms with van der Waals surface area (Å²) in [6.07, 6.45) is 1.68. The minimum Gasteiger partial charge on any atom is -0.489 e. The molecule has 0 bridgehead atoms. The molecular weight excluding hydrogens is 308 g/mol. The maximum Gasteiger partial charge on any atom is 0.182 e. The van der Waals surface area contributed by atoms with Gasteiger partial charge in [-0.05, 0) is 30.2 Å². The third kappa shape index (κ3) is 3.35. The lowest BCUT2D eigenvalue weighted by Gasteiger charge is -2.29. The van der Waals surface area contributed by atoms with E-state index in [0.717, 1.165) is 5.56 Å². The van der Waals surface area contributed by atoms with E-state index in [1.807, 2.05) is 85.8 Å². The molecule has 3 aromatic rings. The van der Waals surface area contributed by atoms with Crippen molar-refractivity contribution in [2.45, 2.75) is 12.5 Å². The van der Waals surface area contributed by atoms with E-state index in [9.17, 15) is 5.11 Å². The molecule has 3 aromatic carbocycles. The fraction of sp³-hybridized carbons (Fsp3) is 0.130. The number of hydrogen-bond donors (Lipinski definition) is 0. The van der Waals surface area contributed by atoms with Crippen molar-refractivity contribution < 1.29 is 9.84 Å². The van der Waals surface area contributed by atoms with E-state index < -0.39 is 5.60 Å². The quantitative estimate of drug-likeness (QED) is 0.447. The molecule has 0 spiro atoms. The predicted octanol–water partition coefficient (Wildman–Crippen LogP) is 5.28. The second-order valence-electron chi connectivity index (χ2n) is 6.01. The Bertz CT molecular complexity index is 799. The highest BCUT2D eigenvalue weighted by Gasteiger charge is 2.38. The molecule has 0 heterocycles. The second kappa shape index (κ2) is 7.37. The molecule has 0 atom stereocenters. The first-order chi connectivity index (χ1) is 12.2. The van der Waals surface area contributed by atoms with Gasteiger partial charge in [-0.25, -0.2) is 5.11 Å². The van der Waals surface area contributed by atoms with Gasteiger partial charge >= 0.3 is 0 Å². The van der Waals surface area contributed by atoms with Gasteiger partial charge in [-0.3, -0.25) is 0 Å². The van der Waals surface area contributed by atoms with Crippen molar-refractivity contribution in [3.8, 4) is 5.75 Å². The van der Waals surface area contributed by atoms with E-state index in [1.165, 1.54) is 0 Å². The number of hydrogen-bond acceptors (Lipinski definition) is 1. The molecule has 25 heavy (non-hydrogen) atoms. The second-order valence-corrected chi connectivity index (χ2v) is 6.01. The maximum absolute atomic E-state index is 14.3. The summed E-state index contributed by atoms with van der Waals surface area (Å²) in [5, 5.41) is 14.3. The van der Waals surface area contributed by atoms with Gasteiger partial charge in [0.15, 0.2) is 5.60 Å². The van der Waals surface area contributed by atoms with Gasteiger partial charge in [0.1, 0.15) is 12.4 Å². The molecule has 0 fully saturated rings. The summed E-state index contributed by atoms with van der Waals surface area (Å²) in [6, 6.07) is 24.7. The Labute approximate surface area is 149 Å². The lowest BCUT2D eigenvalue weighted by Crippen LogP contribution is -2.28. The molecule has 125 valence electrons. The van der Waals surface area contributed by atoms with Crippen molar-refractivity contribution >= 4 is 0 Å². The van der Waals surface area contributed by atoms with Crippen LogP contribution in [0.4, 0.5) is 0 Å². The van der Waals surface area contributed by atoms with Crippen LogP contribution in [0.3, 0.4) is 0 Å². The van der Waals surface area contributed by atoms with E-state index in [0.29, 0.717) is 29.0 Å². The molecule has 1 radical (unpaired) electrons. The van der Waals surface area contributed by atoms with Gasteiger partial charge in [-0.15, -0.1) is 0 Å². The zero-order chi connectivity index (χ0) is 17.7. The molecule has 0 N–H and O–H groups in total.